The van der Waals surface area contributed by atoms with E-state index in [4.69, 9.17) is 0 Å². The second-order valence-corrected chi connectivity index (χ2v) is 5.86. The minimum Gasteiger partial charge on any atom is -0.0620 e. The highest BCUT2D eigenvalue weighted by Gasteiger charge is 2.14. The van der Waals surface area contributed by atoms with Gasteiger partial charge in [-0.1, -0.05) is 80.6 Å². The maximum Gasteiger partial charge on any atom is -0.00703 e. The first-order valence-corrected chi connectivity index (χ1v) is 8.37. The molecule has 0 heterocycles. The van der Waals surface area contributed by atoms with Crippen molar-refractivity contribution in [3.05, 3.63) is 90.3 Å². The van der Waals surface area contributed by atoms with Crippen LogP contribution in [-0.4, -0.2) is 0 Å². The SMILES string of the molecule is [CH2]c1cccc(-c2ccccc2CC)c1-c1ccccc1CC. The second-order valence-electron chi connectivity index (χ2n) is 5.86. The van der Waals surface area contributed by atoms with Crippen molar-refractivity contribution in [2.45, 2.75) is 26.7 Å². The van der Waals surface area contributed by atoms with Gasteiger partial charge in [-0.05, 0) is 58.7 Å². The molecule has 3 aromatic carbocycles. The molecule has 0 bridgehead atoms. The monoisotopic (exact) mass is 299 g/mol. The first-order valence-electron chi connectivity index (χ1n) is 8.37. The molecule has 0 saturated heterocycles. The Morgan fingerprint density at radius 3 is 1.78 bits per heavy atom. The average Bonchev–Trinajstić information content (AvgIpc) is 2.61. The summed E-state index contributed by atoms with van der Waals surface area (Å²) in [5, 5.41) is 0. The van der Waals surface area contributed by atoms with E-state index in [0.29, 0.717) is 0 Å². The summed E-state index contributed by atoms with van der Waals surface area (Å²) in [6.45, 7) is 8.74. The molecule has 0 amide bonds. The van der Waals surface area contributed by atoms with Crippen LogP contribution in [0.25, 0.3) is 22.3 Å². The Kier molecular flexibility index (Phi) is 4.62. The summed E-state index contributed by atoms with van der Waals surface area (Å²) in [6.07, 6.45) is 2.06. The van der Waals surface area contributed by atoms with Gasteiger partial charge in [0, 0.05) is 0 Å². The third kappa shape index (κ3) is 2.94. The van der Waals surface area contributed by atoms with Gasteiger partial charge in [0.05, 0.1) is 0 Å². The molecular weight excluding hydrogens is 276 g/mol. The van der Waals surface area contributed by atoms with Crippen LogP contribution >= 0.6 is 0 Å². The van der Waals surface area contributed by atoms with E-state index in [1.165, 1.54) is 33.4 Å². The Hall–Kier alpha value is -2.34. The fraction of sp³-hybridized carbons (Fsp3) is 0.174. The summed E-state index contributed by atoms with van der Waals surface area (Å²) in [4.78, 5) is 0. The molecule has 0 aliphatic carbocycles. The third-order valence-electron chi connectivity index (χ3n) is 4.51. The smallest absolute Gasteiger partial charge is 0.00703 e. The Labute approximate surface area is 139 Å². The maximum absolute atomic E-state index is 4.31. The Balaban J connectivity index is 2.30. The van der Waals surface area contributed by atoms with Crippen LogP contribution in [0.3, 0.4) is 0 Å². The lowest BCUT2D eigenvalue weighted by Gasteiger charge is -2.18. The number of rotatable bonds is 4. The second kappa shape index (κ2) is 6.83. The summed E-state index contributed by atoms with van der Waals surface area (Å²) in [5.74, 6) is 0. The van der Waals surface area contributed by atoms with Crippen LogP contribution in [0.2, 0.25) is 0 Å². The van der Waals surface area contributed by atoms with Gasteiger partial charge in [-0.25, -0.2) is 0 Å². The van der Waals surface area contributed by atoms with Gasteiger partial charge in [0.1, 0.15) is 0 Å². The van der Waals surface area contributed by atoms with Gasteiger partial charge in [-0.2, -0.15) is 0 Å². The Morgan fingerprint density at radius 1 is 0.609 bits per heavy atom. The van der Waals surface area contributed by atoms with Crippen LogP contribution < -0.4 is 0 Å². The van der Waals surface area contributed by atoms with Crippen LogP contribution in [0, 0.1) is 6.92 Å². The standard InChI is InChI=1S/C23H23/c1-4-18-12-6-8-14-20(18)22-16-10-11-17(3)23(22)21-15-9-7-13-19(21)5-2/h6-16H,3-5H2,1-2H3. The van der Waals surface area contributed by atoms with E-state index in [0.717, 1.165) is 18.4 Å². The molecule has 0 fully saturated rings. The first kappa shape index (κ1) is 15.6. The van der Waals surface area contributed by atoms with Crippen molar-refractivity contribution in [1.29, 1.82) is 0 Å². The zero-order valence-corrected chi connectivity index (χ0v) is 14.0. The maximum atomic E-state index is 4.31. The van der Waals surface area contributed by atoms with Crippen LogP contribution in [0.4, 0.5) is 0 Å². The number of hydrogen-bond acceptors (Lipinski definition) is 0. The molecule has 0 saturated carbocycles. The van der Waals surface area contributed by atoms with Gasteiger partial charge in [0.25, 0.3) is 0 Å². The van der Waals surface area contributed by atoms with Gasteiger partial charge < -0.3 is 0 Å². The lowest BCUT2D eigenvalue weighted by atomic mass is 9.86. The first-order chi connectivity index (χ1) is 11.3. The minimum atomic E-state index is 1.03. The molecule has 0 N–H and O–H groups in total. The van der Waals surface area contributed by atoms with Crippen molar-refractivity contribution < 1.29 is 0 Å². The van der Waals surface area contributed by atoms with Crippen molar-refractivity contribution >= 4 is 0 Å². The van der Waals surface area contributed by atoms with Crippen LogP contribution in [0.1, 0.15) is 30.5 Å². The fourth-order valence-corrected chi connectivity index (χ4v) is 3.31. The van der Waals surface area contributed by atoms with Crippen molar-refractivity contribution in [3.8, 4) is 22.3 Å². The van der Waals surface area contributed by atoms with Gasteiger partial charge in [0.15, 0.2) is 0 Å². The number of aryl methyl sites for hydroxylation is 2. The van der Waals surface area contributed by atoms with Crippen molar-refractivity contribution in [2.75, 3.05) is 0 Å². The zero-order chi connectivity index (χ0) is 16.2. The molecule has 0 nitrogen and oxygen atoms in total. The van der Waals surface area contributed by atoms with Crippen LogP contribution in [0.15, 0.2) is 66.7 Å². The Bertz CT molecular complexity index is 812. The highest BCUT2D eigenvalue weighted by Crippen LogP contribution is 2.38. The number of benzene rings is 3. The molecule has 0 atom stereocenters. The summed E-state index contributed by atoms with van der Waals surface area (Å²) in [6, 6.07) is 23.8. The molecule has 0 spiro atoms. The van der Waals surface area contributed by atoms with E-state index in [2.05, 4.69) is 87.5 Å². The Morgan fingerprint density at radius 2 is 1.13 bits per heavy atom. The lowest BCUT2D eigenvalue weighted by molar-refractivity contribution is 1.14. The number of hydrogen-bond donors (Lipinski definition) is 0. The van der Waals surface area contributed by atoms with E-state index in [-0.39, 0.29) is 0 Å². The zero-order valence-electron chi connectivity index (χ0n) is 14.0. The predicted molar refractivity (Wildman–Crippen MR) is 101 cm³/mol. The van der Waals surface area contributed by atoms with E-state index in [9.17, 15) is 0 Å². The molecule has 23 heavy (non-hydrogen) atoms. The average molecular weight is 299 g/mol. The minimum absolute atomic E-state index is 1.03. The van der Waals surface area contributed by atoms with Crippen molar-refractivity contribution in [2.24, 2.45) is 0 Å². The summed E-state index contributed by atoms with van der Waals surface area (Å²) < 4.78 is 0. The van der Waals surface area contributed by atoms with Gasteiger partial charge in [-0.15, -0.1) is 0 Å². The van der Waals surface area contributed by atoms with Crippen LogP contribution in [0.5, 0.6) is 0 Å². The van der Waals surface area contributed by atoms with Gasteiger partial charge in [-0.3, -0.25) is 0 Å². The molecule has 0 aromatic heterocycles. The molecular formula is C23H23. The quantitative estimate of drug-likeness (QED) is 0.528. The van der Waals surface area contributed by atoms with Crippen molar-refractivity contribution in [3.63, 3.8) is 0 Å². The molecule has 0 heteroatoms. The highest BCUT2D eigenvalue weighted by molar-refractivity contribution is 5.88. The largest absolute Gasteiger partial charge is 0.0620 e. The van der Waals surface area contributed by atoms with Crippen LogP contribution in [-0.2, 0) is 12.8 Å². The third-order valence-corrected chi connectivity index (χ3v) is 4.51. The normalized spacial score (nSPS) is 10.7. The lowest BCUT2D eigenvalue weighted by Crippen LogP contribution is -1.95. The fourth-order valence-electron chi connectivity index (χ4n) is 3.31. The molecule has 115 valence electrons. The molecule has 3 rings (SSSR count). The van der Waals surface area contributed by atoms with E-state index in [1.54, 1.807) is 0 Å². The van der Waals surface area contributed by atoms with E-state index < -0.39 is 0 Å². The topological polar surface area (TPSA) is 0 Å². The molecule has 0 unspecified atom stereocenters. The summed E-state index contributed by atoms with van der Waals surface area (Å²) >= 11 is 0. The van der Waals surface area contributed by atoms with Gasteiger partial charge >= 0.3 is 0 Å². The molecule has 0 aliphatic rings. The summed E-state index contributed by atoms with van der Waals surface area (Å²) in [5.41, 5.74) is 9.03. The van der Waals surface area contributed by atoms with E-state index in [1.807, 2.05) is 0 Å². The van der Waals surface area contributed by atoms with Gasteiger partial charge in [0.2, 0.25) is 0 Å². The highest BCUT2D eigenvalue weighted by atomic mass is 14.2. The molecule has 1 radical (unpaired) electrons. The predicted octanol–water partition coefficient (Wildman–Crippen LogP) is 6.33. The van der Waals surface area contributed by atoms with Crippen molar-refractivity contribution in [1.82, 2.24) is 0 Å². The van der Waals surface area contributed by atoms with E-state index >= 15 is 0 Å². The summed E-state index contributed by atoms with van der Waals surface area (Å²) in [7, 11) is 0. The molecule has 0 aliphatic heterocycles. The molecule has 3 aromatic rings.